The van der Waals surface area contributed by atoms with Crippen molar-refractivity contribution >= 4 is 22.4 Å². The lowest BCUT2D eigenvalue weighted by atomic mass is 9.98. The minimum absolute atomic E-state index is 0.147. The molecule has 1 fully saturated rings. The van der Waals surface area contributed by atoms with Crippen LogP contribution in [-0.2, 0) is 0 Å². The lowest BCUT2D eigenvalue weighted by Crippen LogP contribution is -2.32. The molecule has 1 aromatic heterocycles. The minimum Gasteiger partial charge on any atom is -0.493 e. The highest BCUT2D eigenvalue weighted by atomic mass is 19.1. The van der Waals surface area contributed by atoms with Crippen LogP contribution in [0.4, 0.5) is 15.9 Å². The molecular formula is C23H27FN4O2. The molecule has 3 aromatic rings. The van der Waals surface area contributed by atoms with E-state index in [0.717, 1.165) is 5.56 Å². The van der Waals surface area contributed by atoms with Gasteiger partial charge < -0.3 is 19.7 Å². The normalized spacial score (nSPS) is 20.6. The van der Waals surface area contributed by atoms with Crippen molar-refractivity contribution in [2.24, 2.45) is 5.92 Å². The third kappa shape index (κ3) is 4.46. The molecule has 6 nitrogen and oxygen atoms in total. The summed E-state index contributed by atoms with van der Waals surface area (Å²) in [7, 11) is -2.88. The first-order chi connectivity index (χ1) is 17.6. The molecule has 7 heteroatoms. The number of nitrogens with zero attached hydrogens (tertiary/aromatic N) is 3. The lowest BCUT2D eigenvalue weighted by Gasteiger charge is -2.28. The van der Waals surface area contributed by atoms with E-state index < -0.39 is 32.3 Å². The lowest BCUT2D eigenvalue weighted by molar-refractivity contribution is 0.157. The van der Waals surface area contributed by atoms with Gasteiger partial charge in [0.2, 0.25) is 0 Å². The Bertz CT molecular complexity index is 1310. The van der Waals surface area contributed by atoms with Gasteiger partial charge in [-0.1, -0.05) is 6.07 Å². The van der Waals surface area contributed by atoms with Crippen LogP contribution in [0.2, 0.25) is 0 Å². The number of rotatable bonds is 6. The maximum absolute atomic E-state index is 14.5. The van der Waals surface area contributed by atoms with Gasteiger partial charge in [0.15, 0.2) is 11.5 Å². The first-order valence-corrected chi connectivity index (χ1v) is 9.57. The van der Waals surface area contributed by atoms with E-state index in [0.29, 0.717) is 5.39 Å². The summed E-state index contributed by atoms with van der Waals surface area (Å²) in [6.45, 7) is -2.44. The highest BCUT2D eigenvalue weighted by Crippen LogP contribution is 2.35. The first kappa shape index (κ1) is 12.7. The van der Waals surface area contributed by atoms with E-state index in [1.807, 2.05) is 0 Å². The Morgan fingerprint density at radius 2 is 2.10 bits per heavy atom. The minimum atomic E-state index is -2.88. The molecule has 1 saturated heterocycles. The van der Waals surface area contributed by atoms with Crippen LogP contribution in [0.5, 0.6) is 11.5 Å². The topological polar surface area (TPSA) is 59.5 Å². The molecule has 1 N–H and O–H groups in total. The highest BCUT2D eigenvalue weighted by Gasteiger charge is 2.19. The number of anilines is 2. The van der Waals surface area contributed by atoms with Crippen molar-refractivity contribution in [3.63, 3.8) is 0 Å². The quantitative estimate of drug-likeness (QED) is 0.634. The average Bonchev–Trinajstić information content (AvgIpc) is 2.80. The van der Waals surface area contributed by atoms with Gasteiger partial charge in [0.25, 0.3) is 0 Å². The van der Waals surface area contributed by atoms with Gasteiger partial charge in [0.05, 0.1) is 31.7 Å². The van der Waals surface area contributed by atoms with E-state index in [9.17, 15) is 4.39 Å². The van der Waals surface area contributed by atoms with Gasteiger partial charge in [0.1, 0.15) is 18.0 Å². The Balaban J connectivity index is 1.67. The van der Waals surface area contributed by atoms with Crippen LogP contribution in [0.1, 0.15) is 29.4 Å². The second-order valence-electron chi connectivity index (χ2n) is 7.23. The molecule has 4 rings (SSSR count). The van der Waals surface area contributed by atoms with Crippen molar-refractivity contribution in [1.82, 2.24) is 14.9 Å². The second-order valence-corrected chi connectivity index (χ2v) is 7.23. The third-order valence-corrected chi connectivity index (χ3v) is 5.02. The van der Waals surface area contributed by atoms with Crippen LogP contribution >= 0.6 is 0 Å². The molecule has 1 aliphatic heterocycles. The Hall–Kier alpha value is -2.93. The first-order valence-electron chi connectivity index (χ1n) is 13.6. The zero-order chi connectivity index (χ0) is 27.9. The molecule has 0 atom stereocenters. The SMILES string of the molecule is [2H]C([2H])([2H])Oc1cc2c(Nc3ccc(C)cc3F)ncnc2cc1OC([2H])([2H])C1CCN(C([2H])([2H])[2H])CC1. The molecule has 0 saturated carbocycles. The summed E-state index contributed by atoms with van der Waals surface area (Å²) < 4.78 is 87.8. The smallest absolute Gasteiger partial charge is 0.163 e. The van der Waals surface area contributed by atoms with E-state index in [1.54, 1.807) is 19.1 Å². The molecule has 0 bridgehead atoms. The number of hydrogen-bond acceptors (Lipinski definition) is 6. The van der Waals surface area contributed by atoms with Gasteiger partial charge in [-0.3, -0.25) is 0 Å². The predicted octanol–water partition coefficient (Wildman–Crippen LogP) is 4.55. The Morgan fingerprint density at radius 3 is 2.87 bits per heavy atom. The number of benzene rings is 2. The fourth-order valence-corrected chi connectivity index (χ4v) is 3.32. The van der Waals surface area contributed by atoms with Crippen molar-refractivity contribution in [3.05, 3.63) is 48.0 Å². The summed E-state index contributed by atoms with van der Waals surface area (Å²) in [5.41, 5.74) is 1.15. The largest absolute Gasteiger partial charge is 0.493 e. The summed E-state index contributed by atoms with van der Waals surface area (Å²) in [5, 5.41) is 3.18. The molecule has 0 radical (unpaired) electrons. The Morgan fingerprint density at radius 1 is 1.23 bits per heavy atom. The van der Waals surface area contributed by atoms with Gasteiger partial charge >= 0.3 is 0 Å². The van der Waals surface area contributed by atoms with Crippen molar-refractivity contribution in [3.8, 4) is 11.5 Å². The van der Waals surface area contributed by atoms with E-state index in [1.165, 1.54) is 29.4 Å². The summed E-state index contributed by atoms with van der Waals surface area (Å²) in [5.74, 6) is -1.44. The average molecular weight is 419 g/mol. The van der Waals surface area contributed by atoms with Gasteiger partial charge in [0, 0.05) is 15.6 Å². The molecule has 0 spiro atoms. The molecule has 0 unspecified atom stereocenters. The van der Waals surface area contributed by atoms with E-state index >= 15 is 0 Å². The number of aromatic nitrogens is 2. The number of fused-ring (bicyclic) bond motifs is 1. The summed E-state index contributed by atoms with van der Waals surface area (Å²) in [6.07, 6.45) is 1.68. The number of ether oxygens (including phenoxy) is 2. The number of halogens is 1. The van der Waals surface area contributed by atoms with Crippen molar-refractivity contribution < 1.29 is 24.8 Å². The zero-order valence-electron chi connectivity index (χ0n) is 24.4. The van der Waals surface area contributed by atoms with E-state index in [2.05, 4.69) is 15.3 Å². The predicted molar refractivity (Wildman–Crippen MR) is 116 cm³/mol. The Labute approximate surface area is 187 Å². The number of nitrogens with one attached hydrogen (secondary N) is 1. The van der Waals surface area contributed by atoms with E-state index in [4.69, 9.17) is 20.4 Å². The second kappa shape index (κ2) is 8.83. The molecule has 2 heterocycles. The zero-order valence-corrected chi connectivity index (χ0v) is 16.4. The maximum atomic E-state index is 14.5. The van der Waals surface area contributed by atoms with Gasteiger partial charge in [-0.05, 0) is 69.5 Å². The molecule has 1 aliphatic rings. The molecule has 158 valence electrons. The number of piperidine rings is 1. The number of hydrogen-bond donors (Lipinski definition) is 1. The fourth-order valence-electron chi connectivity index (χ4n) is 3.32. The number of likely N-dealkylation sites (tertiary alicyclic amines) is 1. The van der Waals surface area contributed by atoms with Gasteiger partial charge in [-0.25, -0.2) is 14.4 Å². The van der Waals surface area contributed by atoms with Gasteiger partial charge in [-0.2, -0.15) is 0 Å². The number of methoxy groups -OCH3 is 1. The Kier molecular flexibility index (Phi) is 3.74. The molecule has 30 heavy (non-hydrogen) atoms. The molecule has 0 amide bonds. The van der Waals surface area contributed by atoms with Crippen LogP contribution in [0.25, 0.3) is 10.9 Å². The molecule has 2 aromatic carbocycles. The molecule has 0 aliphatic carbocycles. The standard InChI is InChI=1S/C23H27FN4O2/c1-15-4-5-19(18(24)10-15)27-23-17-11-21(29-3)22(12-20(17)25-14-26-23)30-13-16-6-8-28(2)9-7-16/h4-5,10-12,14,16H,6-9,13H2,1-3H3,(H,25,26,27)/i2D3,3D3,13D2. The van der Waals surface area contributed by atoms with Crippen LogP contribution < -0.4 is 14.8 Å². The third-order valence-electron chi connectivity index (χ3n) is 5.02. The van der Waals surface area contributed by atoms with Crippen molar-refractivity contribution in [2.75, 3.05) is 39.0 Å². The maximum Gasteiger partial charge on any atom is 0.163 e. The van der Waals surface area contributed by atoms with Crippen molar-refractivity contribution in [1.29, 1.82) is 0 Å². The monoisotopic (exact) mass is 418 g/mol. The summed E-state index contributed by atoms with van der Waals surface area (Å²) in [4.78, 5) is 9.65. The van der Waals surface area contributed by atoms with Crippen LogP contribution in [0, 0.1) is 18.7 Å². The van der Waals surface area contributed by atoms with Crippen molar-refractivity contribution in [2.45, 2.75) is 19.8 Å². The van der Waals surface area contributed by atoms with Gasteiger partial charge in [-0.15, -0.1) is 0 Å². The van der Waals surface area contributed by atoms with Crippen LogP contribution in [0.15, 0.2) is 36.7 Å². The number of aryl methyl sites for hydroxylation is 1. The molecular weight excluding hydrogens is 383 g/mol. The van der Waals surface area contributed by atoms with E-state index in [-0.39, 0.29) is 54.5 Å². The summed E-state index contributed by atoms with van der Waals surface area (Å²) in [6, 6.07) is 7.25. The van der Waals surface area contributed by atoms with Crippen LogP contribution in [0.3, 0.4) is 0 Å². The fraction of sp³-hybridized carbons (Fsp3) is 0.391. The van der Waals surface area contributed by atoms with Crippen LogP contribution in [-0.4, -0.2) is 48.5 Å². The summed E-state index contributed by atoms with van der Waals surface area (Å²) >= 11 is 0. The highest BCUT2D eigenvalue weighted by molar-refractivity contribution is 5.93.